The molecular formula is C13H9BrClN3O3. The average molecular weight is 371 g/mol. The zero-order chi connectivity index (χ0) is 15.6. The highest BCUT2D eigenvalue weighted by molar-refractivity contribution is 9.10. The standard InChI is InChI=1S/C13H9BrClN3O3/c1-7-5-8(14)6-16-12(7)17-13(19)11-9(15)3-2-4-10(11)18(20)21/h2-6H,1H3,(H,16,17,19). The Morgan fingerprint density at radius 2 is 2.19 bits per heavy atom. The molecule has 1 amide bonds. The first-order valence-corrected chi connectivity index (χ1v) is 6.93. The normalized spacial score (nSPS) is 10.2. The fourth-order valence-electron chi connectivity index (χ4n) is 1.73. The van der Waals surface area contributed by atoms with Gasteiger partial charge in [0.05, 0.1) is 9.95 Å². The predicted octanol–water partition coefficient (Wildman–Crippen LogP) is 3.97. The Morgan fingerprint density at radius 3 is 2.81 bits per heavy atom. The fourth-order valence-corrected chi connectivity index (χ4v) is 2.43. The van der Waals surface area contributed by atoms with Crippen LogP contribution in [0.25, 0.3) is 0 Å². The van der Waals surface area contributed by atoms with Crippen LogP contribution in [0.15, 0.2) is 34.9 Å². The number of hydrogen-bond donors (Lipinski definition) is 1. The summed E-state index contributed by atoms with van der Waals surface area (Å²) in [5.41, 5.74) is 0.176. The third-order valence-electron chi connectivity index (χ3n) is 2.69. The lowest BCUT2D eigenvalue weighted by atomic mass is 10.1. The lowest BCUT2D eigenvalue weighted by Crippen LogP contribution is -2.16. The number of nitro groups is 1. The van der Waals surface area contributed by atoms with Crippen LogP contribution < -0.4 is 5.32 Å². The minimum absolute atomic E-state index is 0.0106. The van der Waals surface area contributed by atoms with Crippen LogP contribution in [0.3, 0.4) is 0 Å². The minimum Gasteiger partial charge on any atom is -0.306 e. The highest BCUT2D eigenvalue weighted by Gasteiger charge is 2.23. The minimum atomic E-state index is -0.676. The van der Waals surface area contributed by atoms with Gasteiger partial charge in [-0.1, -0.05) is 17.7 Å². The summed E-state index contributed by atoms with van der Waals surface area (Å²) in [6, 6.07) is 5.83. The lowest BCUT2D eigenvalue weighted by Gasteiger charge is -2.09. The molecule has 0 fully saturated rings. The molecule has 0 atom stereocenters. The number of nitro benzene ring substituents is 1. The molecule has 2 aromatic rings. The average Bonchev–Trinajstić information content (AvgIpc) is 2.41. The van der Waals surface area contributed by atoms with E-state index in [1.807, 2.05) is 0 Å². The zero-order valence-corrected chi connectivity index (χ0v) is 13.1. The summed E-state index contributed by atoms with van der Waals surface area (Å²) >= 11 is 9.17. The third kappa shape index (κ3) is 3.37. The number of aromatic nitrogens is 1. The van der Waals surface area contributed by atoms with E-state index in [0.29, 0.717) is 11.4 Å². The molecule has 0 radical (unpaired) electrons. The number of rotatable bonds is 3. The van der Waals surface area contributed by atoms with Gasteiger partial charge in [0, 0.05) is 16.7 Å². The molecular weight excluding hydrogens is 362 g/mol. The molecule has 0 saturated heterocycles. The molecule has 0 aliphatic heterocycles. The Labute approximate surface area is 133 Å². The zero-order valence-electron chi connectivity index (χ0n) is 10.8. The second kappa shape index (κ2) is 6.19. The molecule has 0 saturated carbocycles. The molecule has 1 heterocycles. The predicted molar refractivity (Wildman–Crippen MR) is 82.7 cm³/mol. The van der Waals surface area contributed by atoms with Gasteiger partial charge in [-0.15, -0.1) is 0 Å². The van der Waals surface area contributed by atoms with Crippen LogP contribution in [0.5, 0.6) is 0 Å². The van der Waals surface area contributed by atoms with Crippen LogP contribution >= 0.6 is 27.5 Å². The van der Waals surface area contributed by atoms with E-state index in [2.05, 4.69) is 26.2 Å². The number of amides is 1. The van der Waals surface area contributed by atoms with Crippen LogP contribution in [0.4, 0.5) is 11.5 Å². The highest BCUT2D eigenvalue weighted by Crippen LogP contribution is 2.27. The van der Waals surface area contributed by atoms with Crippen molar-refractivity contribution in [2.45, 2.75) is 6.92 Å². The molecule has 8 heteroatoms. The van der Waals surface area contributed by atoms with E-state index in [9.17, 15) is 14.9 Å². The first-order chi connectivity index (χ1) is 9.90. The van der Waals surface area contributed by atoms with Crippen molar-refractivity contribution in [1.29, 1.82) is 0 Å². The van der Waals surface area contributed by atoms with Gasteiger partial charge in [-0.2, -0.15) is 0 Å². The number of carbonyl (C=O) groups is 1. The summed E-state index contributed by atoms with van der Waals surface area (Å²) < 4.78 is 0.765. The fraction of sp³-hybridized carbons (Fsp3) is 0.0769. The molecule has 0 spiro atoms. The first kappa shape index (κ1) is 15.4. The highest BCUT2D eigenvalue weighted by atomic mass is 79.9. The van der Waals surface area contributed by atoms with Gasteiger partial charge in [0.2, 0.25) is 0 Å². The van der Waals surface area contributed by atoms with Gasteiger partial charge in [-0.25, -0.2) is 4.98 Å². The summed E-state index contributed by atoms with van der Waals surface area (Å²) in [5, 5.41) is 13.5. The third-order valence-corrected chi connectivity index (χ3v) is 3.44. The van der Waals surface area contributed by atoms with Gasteiger partial charge in [0.25, 0.3) is 11.6 Å². The Hall–Kier alpha value is -1.99. The molecule has 0 unspecified atom stereocenters. The first-order valence-electron chi connectivity index (χ1n) is 5.76. The molecule has 0 bridgehead atoms. The number of carbonyl (C=O) groups excluding carboxylic acids is 1. The van der Waals surface area contributed by atoms with E-state index in [1.54, 1.807) is 13.0 Å². The van der Waals surface area contributed by atoms with Crippen molar-refractivity contribution in [1.82, 2.24) is 4.98 Å². The van der Waals surface area contributed by atoms with Gasteiger partial charge >= 0.3 is 0 Å². The molecule has 0 aliphatic rings. The number of anilines is 1. The number of pyridine rings is 1. The van der Waals surface area contributed by atoms with Crippen LogP contribution in [0.1, 0.15) is 15.9 Å². The number of hydrogen-bond acceptors (Lipinski definition) is 4. The van der Waals surface area contributed by atoms with Crippen molar-refractivity contribution in [2.24, 2.45) is 0 Å². The van der Waals surface area contributed by atoms with Crippen molar-refractivity contribution >= 4 is 44.9 Å². The second-order valence-electron chi connectivity index (χ2n) is 4.16. The Kier molecular flexibility index (Phi) is 4.54. The maximum atomic E-state index is 12.2. The lowest BCUT2D eigenvalue weighted by molar-refractivity contribution is -0.385. The van der Waals surface area contributed by atoms with Crippen molar-refractivity contribution < 1.29 is 9.72 Å². The van der Waals surface area contributed by atoms with Gasteiger partial charge in [-0.3, -0.25) is 14.9 Å². The number of nitrogens with one attached hydrogen (secondary N) is 1. The topological polar surface area (TPSA) is 85.1 Å². The van der Waals surface area contributed by atoms with E-state index in [4.69, 9.17) is 11.6 Å². The van der Waals surface area contributed by atoms with Crippen molar-refractivity contribution in [3.8, 4) is 0 Å². The molecule has 2 rings (SSSR count). The number of nitrogens with zero attached hydrogens (tertiary/aromatic N) is 2. The van der Waals surface area contributed by atoms with Crippen LogP contribution in [0.2, 0.25) is 5.02 Å². The Morgan fingerprint density at radius 1 is 1.48 bits per heavy atom. The smallest absolute Gasteiger partial charge is 0.283 e. The van der Waals surface area contributed by atoms with Gasteiger partial charge < -0.3 is 5.32 Å². The maximum Gasteiger partial charge on any atom is 0.283 e. The SMILES string of the molecule is Cc1cc(Br)cnc1NC(=O)c1c(Cl)cccc1[N+](=O)[O-]. The number of halogens is 2. The maximum absolute atomic E-state index is 12.2. The molecule has 1 aromatic carbocycles. The van der Waals surface area contributed by atoms with E-state index >= 15 is 0 Å². The number of aryl methyl sites for hydroxylation is 1. The Bertz CT molecular complexity index is 737. The second-order valence-corrected chi connectivity index (χ2v) is 5.49. The molecule has 108 valence electrons. The van der Waals surface area contributed by atoms with Crippen LogP contribution in [0, 0.1) is 17.0 Å². The van der Waals surface area contributed by atoms with Crippen molar-refractivity contribution in [3.63, 3.8) is 0 Å². The molecule has 1 N–H and O–H groups in total. The van der Waals surface area contributed by atoms with E-state index in [-0.39, 0.29) is 16.3 Å². The molecule has 6 nitrogen and oxygen atoms in total. The monoisotopic (exact) mass is 369 g/mol. The summed E-state index contributed by atoms with van der Waals surface area (Å²) in [5.74, 6) is -0.359. The van der Waals surface area contributed by atoms with Gasteiger partial charge in [-0.05, 0) is 40.5 Å². The quantitative estimate of drug-likeness (QED) is 0.654. The van der Waals surface area contributed by atoms with E-state index < -0.39 is 10.8 Å². The van der Waals surface area contributed by atoms with Crippen molar-refractivity contribution in [2.75, 3.05) is 5.32 Å². The molecule has 21 heavy (non-hydrogen) atoms. The van der Waals surface area contributed by atoms with Crippen molar-refractivity contribution in [3.05, 3.63) is 61.2 Å². The van der Waals surface area contributed by atoms with E-state index in [0.717, 1.165) is 4.47 Å². The molecule has 1 aromatic heterocycles. The largest absolute Gasteiger partial charge is 0.306 e. The van der Waals surface area contributed by atoms with Crippen LogP contribution in [-0.4, -0.2) is 15.8 Å². The summed E-state index contributed by atoms with van der Waals surface area (Å²) in [4.78, 5) is 26.6. The summed E-state index contributed by atoms with van der Waals surface area (Å²) in [7, 11) is 0. The van der Waals surface area contributed by atoms with Gasteiger partial charge in [0.15, 0.2) is 0 Å². The summed E-state index contributed by atoms with van der Waals surface area (Å²) in [6.45, 7) is 1.76. The van der Waals surface area contributed by atoms with Crippen LogP contribution in [-0.2, 0) is 0 Å². The number of benzene rings is 1. The van der Waals surface area contributed by atoms with Gasteiger partial charge in [0.1, 0.15) is 11.4 Å². The van der Waals surface area contributed by atoms with E-state index in [1.165, 1.54) is 24.4 Å². The summed E-state index contributed by atoms with van der Waals surface area (Å²) in [6.07, 6.45) is 1.52. The molecule has 0 aliphatic carbocycles. The Balaban J connectivity index is 2.39.